The van der Waals surface area contributed by atoms with Gasteiger partial charge in [-0.2, -0.15) is 0 Å². The Balaban J connectivity index is 1.89. The predicted molar refractivity (Wildman–Crippen MR) is 62.8 cm³/mol. The van der Waals surface area contributed by atoms with E-state index in [9.17, 15) is 0 Å². The minimum Gasteiger partial charge on any atom is -0.359 e. The van der Waals surface area contributed by atoms with Gasteiger partial charge in [0.15, 0.2) is 0 Å². The summed E-state index contributed by atoms with van der Waals surface area (Å²) in [4.78, 5) is 1.53. The summed E-state index contributed by atoms with van der Waals surface area (Å²) in [5.74, 6) is 0.822. The van der Waals surface area contributed by atoms with Crippen LogP contribution in [0.5, 0.6) is 0 Å². The second kappa shape index (κ2) is 3.53. The number of hydrogen-bond acceptors (Lipinski definition) is 2. The van der Waals surface area contributed by atoms with Crippen LogP contribution in [0.1, 0.15) is 31.7 Å². The lowest BCUT2D eigenvalue weighted by Gasteiger charge is -2.34. The van der Waals surface area contributed by atoms with E-state index >= 15 is 0 Å². The third-order valence-corrected chi connectivity index (χ3v) is 4.92. The Kier molecular flexibility index (Phi) is 2.29. The van der Waals surface area contributed by atoms with Gasteiger partial charge in [-0.25, -0.2) is 0 Å². The fourth-order valence-electron chi connectivity index (χ4n) is 2.59. The quantitative estimate of drug-likeness (QED) is 0.657. The highest BCUT2D eigenvalue weighted by atomic mass is 32.2. The molecule has 1 aliphatic carbocycles. The molecule has 1 aromatic rings. The summed E-state index contributed by atoms with van der Waals surface area (Å²) in [6.07, 6.45) is 3.74. The summed E-state index contributed by atoms with van der Waals surface area (Å²) in [5, 5.41) is 0. The van der Waals surface area contributed by atoms with Crippen LogP contribution in [-0.2, 0) is 11.3 Å². The average Bonchev–Trinajstić information content (AvgIpc) is 2.60. The van der Waals surface area contributed by atoms with Gasteiger partial charge in [0.25, 0.3) is 0 Å². The van der Waals surface area contributed by atoms with Crippen LogP contribution in [0.25, 0.3) is 0 Å². The standard InChI is InChI=1S/C13H16OS/c1-10-6-7-13(8-10)14-9-11-4-2-3-5-12(11)15-13/h2-5,10H,6-9H2,1H3. The van der Waals surface area contributed by atoms with Crippen molar-refractivity contribution >= 4 is 11.8 Å². The lowest BCUT2D eigenvalue weighted by molar-refractivity contribution is 0.0102. The number of hydrogen-bond donors (Lipinski definition) is 0. The van der Waals surface area contributed by atoms with Crippen molar-refractivity contribution in [3.63, 3.8) is 0 Å². The minimum atomic E-state index is 0.105. The van der Waals surface area contributed by atoms with Gasteiger partial charge in [-0.3, -0.25) is 0 Å². The normalized spacial score (nSPS) is 34.3. The predicted octanol–water partition coefficient (Wildman–Crippen LogP) is 3.83. The molecule has 80 valence electrons. The number of thioether (sulfide) groups is 1. The van der Waals surface area contributed by atoms with E-state index in [0.717, 1.165) is 12.5 Å². The maximum atomic E-state index is 6.09. The zero-order valence-electron chi connectivity index (χ0n) is 9.03. The Hall–Kier alpha value is -0.470. The summed E-state index contributed by atoms with van der Waals surface area (Å²) in [6, 6.07) is 8.63. The van der Waals surface area contributed by atoms with Crippen molar-refractivity contribution in [3.8, 4) is 0 Å². The van der Waals surface area contributed by atoms with Gasteiger partial charge in [-0.05, 0) is 36.8 Å². The summed E-state index contributed by atoms with van der Waals surface area (Å²) >= 11 is 1.95. The third kappa shape index (κ3) is 1.70. The highest BCUT2D eigenvalue weighted by Gasteiger charge is 2.41. The van der Waals surface area contributed by atoms with Crippen molar-refractivity contribution in [1.29, 1.82) is 0 Å². The van der Waals surface area contributed by atoms with E-state index in [1.54, 1.807) is 0 Å². The zero-order chi connectivity index (χ0) is 10.3. The van der Waals surface area contributed by atoms with Gasteiger partial charge in [0.1, 0.15) is 4.93 Å². The fourth-order valence-corrected chi connectivity index (χ4v) is 4.10. The fraction of sp³-hybridized carbons (Fsp3) is 0.538. The van der Waals surface area contributed by atoms with Gasteiger partial charge in [0, 0.05) is 4.90 Å². The van der Waals surface area contributed by atoms with Crippen molar-refractivity contribution in [1.82, 2.24) is 0 Å². The van der Waals surface area contributed by atoms with E-state index in [0.29, 0.717) is 0 Å². The first-order chi connectivity index (χ1) is 7.27. The summed E-state index contributed by atoms with van der Waals surface area (Å²) in [7, 11) is 0. The van der Waals surface area contributed by atoms with Gasteiger partial charge in [-0.1, -0.05) is 36.9 Å². The summed E-state index contributed by atoms with van der Waals surface area (Å²) < 4.78 is 6.09. The molecule has 0 saturated heterocycles. The van der Waals surface area contributed by atoms with Crippen molar-refractivity contribution in [2.75, 3.05) is 0 Å². The van der Waals surface area contributed by atoms with E-state index in [1.807, 2.05) is 11.8 Å². The van der Waals surface area contributed by atoms with E-state index in [1.165, 1.54) is 29.7 Å². The SMILES string of the molecule is CC1CCC2(C1)OCc1ccccc1S2. The number of benzene rings is 1. The Bertz CT molecular complexity index is 377. The van der Waals surface area contributed by atoms with E-state index < -0.39 is 0 Å². The topological polar surface area (TPSA) is 9.23 Å². The molecule has 0 N–H and O–H groups in total. The van der Waals surface area contributed by atoms with Crippen LogP contribution in [0.2, 0.25) is 0 Å². The molecule has 0 amide bonds. The monoisotopic (exact) mass is 220 g/mol. The number of ether oxygens (including phenoxy) is 1. The van der Waals surface area contributed by atoms with Crippen LogP contribution in [0, 0.1) is 5.92 Å². The molecule has 1 nitrogen and oxygen atoms in total. The summed E-state index contributed by atoms with van der Waals surface area (Å²) in [5.41, 5.74) is 1.35. The smallest absolute Gasteiger partial charge is 0.118 e. The van der Waals surface area contributed by atoms with Gasteiger partial charge in [0.2, 0.25) is 0 Å². The molecule has 1 saturated carbocycles. The number of rotatable bonds is 0. The molecular weight excluding hydrogens is 204 g/mol. The Morgan fingerprint density at radius 3 is 3.07 bits per heavy atom. The van der Waals surface area contributed by atoms with E-state index in [-0.39, 0.29) is 4.93 Å². The van der Waals surface area contributed by atoms with Crippen LogP contribution in [-0.4, -0.2) is 4.93 Å². The first-order valence-corrected chi connectivity index (χ1v) is 6.50. The molecule has 2 heteroatoms. The molecule has 1 fully saturated rings. The Labute approximate surface area is 95.2 Å². The molecular formula is C13H16OS. The van der Waals surface area contributed by atoms with Crippen molar-refractivity contribution in [2.24, 2.45) is 5.92 Å². The van der Waals surface area contributed by atoms with Gasteiger partial charge in [-0.15, -0.1) is 0 Å². The molecule has 0 radical (unpaired) electrons. The Morgan fingerprint density at radius 2 is 2.27 bits per heavy atom. The first-order valence-electron chi connectivity index (χ1n) is 5.68. The van der Waals surface area contributed by atoms with Crippen LogP contribution in [0.3, 0.4) is 0 Å². The van der Waals surface area contributed by atoms with Gasteiger partial charge in [0.05, 0.1) is 6.61 Å². The van der Waals surface area contributed by atoms with Crippen molar-refractivity contribution < 1.29 is 4.74 Å². The molecule has 2 unspecified atom stereocenters. The average molecular weight is 220 g/mol. The largest absolute Gasteiger partial charge is 0.359 e. The molecule has 1 aromatic carbocycles. The molecule has 0 aromatic heterocycles. The highest BCUT2D eigenvalue weighted by molar-refractivity contribution is 8.00. The molecule has 2 atom stereocenters. The molecule has 1 heterocycles. The van der Waals surface area contributed by atoms with Crippen LogP contribution >= 0.6 is 11.8 Å². The molecule has 0 bridgehead atoms. The number of fused-ring (bicyclic) bond motifs is 1. The third-order valence-electron chi connectivity index (χ3n) is 3.44. The lowest BCUT2D eigenvalue weighted by Crippen LogP contribution is -2.28. The maximum Gasteiger partial charge on any atom is 0.118 e. The van der Waals surface area contributed by atoms with Gasteiger partial charge >= 0.3 is 0 Å². The van der Waals surface area contributed by atoms with Gasteiger partial charge < -0.3 is 4.74 Å². The summed E-state index contributed by atoms with van der Waals surface area (Å²) in [6.45, 7) is 3.13. The zero-order valence-corrected chi connectivity index (χ0v) is 9.85. The molecule has 2 aliphatic rings. The van der Waals surface area contributed by atoms with E-state index in [4.69, 9.17) is 4.74 Å². The van der Waals surface area contributed by atoms with E-state index in [2.05, 4.69) is 31.2 Å². The highest BCUT2D eigenvalue weighted by Crippen LogP contribution is 2.51. The second-order valence-corrected chi connectivity index (χ2v) is 6.15. The lowest BCUT2D eigenvalue weighted by atomic mass is 10.1. The van der Waals surface area contributed by atoms with Crippen LogP contribution in [0.15, 0.2) is 29.2 Å². The molecule has 3 rings (SSSR count). The minimum absolute atomic E-state index is 0.105. The first kappa shape index (κ1) is 9.73. The second-order valence-electron chi connectivity index (χ2n) is 4.76. The molecule has 1 spiro atoms. The molecule has 1 aliphatic heterocycles. The Morgan fingerprint density at radius 1 is 1.40 bits per heavy atom. The van der Waals surface area contributed by atoms with Crippen LogP contribution < -0.4 is 0 Å². The van der Waals surface area contributed by atoms with Crippen molar-refractivity contribution in [3.05, 3.63) is 29.8 Å². The molecule has 15 heavy (non-hydrogen) atoms. The van der Waals surface area contributed by atoms with Crippen molar-refractivity contribution in [2.45, 2.75) is 42.6 Å². The van der Waals surface area contributed by atoms with Crippen LogP contribution in [0.4, 0.5) is 0 Å². The maximum absolute atomic E-state index is 6.09.